The van der Waals surface area contributed by atoms with Crippen molar-refractivity contribution in [3.63, 3.8) is 0 Å². The Kier molecular flexibility index (Phi) is 2.83. The second-order valence-electron chi connectivity index (χ2n) is 2.81. The molecule has 0 bridgehead atoms. The molecule has 1 atom stereocenters. The molecule has 0 spiro atoms. The van der Waals surface area contributed by atoms with Crippen molar-refractivity contribution in [1.82, 2.24) is 0 Å². The van der Waals surface area contributed by atoms with Crippen LogP contribution < -0.4 is 5.73 Å². The van der Waals surface area contributed by atoms with Gasteiger partial charge in [0.25, 0.3) is 0 Å². The lowest BCUT2D eigenvalue weighted by atomic mass is 10.0. The van der Waals surface area contributed by atoms with Gasteiger partial charge in [0.1, 0.15) is 5.82 Å². The number of benzene rings is 1. The van der Waals surface area contributed by atoms with Gasteiger partial charge >= 0.3 is 0 Å². The number of rotatable bonds is 2. The van der Waals surface area contributed by atoms with Crippen molar-refractivity contribution >= 4 is 0 Å². The first kappa shape index (κ1) is 9.92. The Morgan fingerprint density at radius 1 is 1.38 bits per heavy atom. The van der Waals surface area contributed by atoms with Crippen LogP contribution in [0.2, 0.25) is 0 Å². The van der Waals surface area contributed by atoms with E-state index in [1.807, 2.05) is 0 Å². The molecule has 1 rings (SSSR count). The number of hydrogen-bond acceptors (Lipinski definition) is 2. The van der Waals surface area contributed by atoms with Crippen LogP contribution in [0.1, 0.15) is 24.9 Å². The first-order valence-corrected chi connectivity index (χ1v) is 4.00. The Labute approximate surface area is 75.0 Å². The first-order chi connectivity index (χ1) is 6.07. The van der Waals surface area contributed by atoms with E-state index in [9.17, 15) is 13.9 Å². The highest BCUT2D eigenvalue weighted by atomic mass is 19.1. The SMILES string of the molecule is CC[C@@H](N)c1c(F)ccc(F)c1O. The van der Waals surface area contributed by atoms with E-state index in [4.69, 9.17) is 5.73 Å². The molecule has 0 aromatic heterocycles. The van der Waals surface area contributed by atoms with E-state index >= 15 is 0 Å². The van der Waals surface area contributed by atoms with E-state index in [2.05, 4.69) is 0 Å². The summed E-state index contributed by atoms with van der Waals surface area (Å²) < 4.78 is 25.8. The molecule has 1 aromatic rings. The van der Waals surface area contributed by atoms with Crippen molar-refractivity contribution < 1.29 is 13.9 Å². The van der Waals surface area contributed by atoms with Crippen LogP contribution in [0.25, 0.3) is 0 Å². The van der Waals surface area contributed by atoms with Gasteiger partial charge in [0.15, 0.2) is 11.6 Å². The number of phenolic OH excluding ortho intramolecular Hbond substituents is 1. The molecule has 13 heavy (non-hydrogen) atoms. The second-order valence-corrected chi connectivity index (χ2v) is 2.81. The third kappa shape index (κ3) is 1.78. The quantitative estimate of drug-likeness (QED) is 0.744. The smallest absolute Gasteiger partial charge is 0.165 e. The maximum atomic E-state index is 13.1. The Morgan fingerprint density at radius 3 is 2.46 bits per heavy atom. The molecule has 0 heterocycles. The highest BCUT2D eigenvalue weighted by Crippen LogP contribution is 2.29. The molecule has 0 fully saturated rings. The molecule has 1 aromatic carbocycles. The number of halogens is 2. The average molecular weight is 187 g/mol. The summed E-state index contributed by atoms with van der Waals surface area (Å²) in [5.74, 6) is -2.21. The van der Waals surface area contributed by atoms with Gasteiger partial charge in [0, 0.05) is 11.6 Å². The lowest BCUT2D eigenvalue weighted by Gasteiger charge is -2.12. The van der Waals surface area contributed by atoms with E-state index in [0.29, 0.717) is 6.42 Å². The van der Waals surface area contributed by atoms with Gasteiger partial charge in [-0.3, -0.25) is 0 Å². The highest BCUT2D eigenvalue weighted by molar-refractivity contribution is 5.37. The molecular weight excluding hydrogens is 176 g/mol. The van der Waals surface area contributed by atoms with Crippen molar-refractivity contribution in [2.24, 2.45) is 5.73 Å². The molecule has 0 radical (unpaired) electrons. The summed E-state index contributed by atoms with van der Waals surface area (Å²) in [4.78, 5) is 0. The molecule has 0 unspecified atom stereocenters. The van der Waals surface area contributed by atoms with Crippen LogP contribution in [0, 0.1) is 11.6 Å². The summed E-state index contributed by atoms with van der Waals surface area (Å²) >= 11 is 0. The van der Waals surface area contributed by atoms with Crippen LogP contribution in [0.15, 0.2) is 12.1 Å². The topological polar surface area (TPSA) is 46.2 Å². The standard InChI is InChI=1S/C9H11F2NO/c1-2-7(12)8-5(10)3-4-6(11)9(8)13/h3-4,7,13H,2,12H2,1H3/t7-/m1/s1. The molecule has 0 saturated heterocycles. The fourth-order valence-corrected chi connectivity index (χ4v) is 1.11. The normalized spacial score (nSPS) is 12.9. The third-order valence-corrected chi connectivity index (χ3v) is 1.93. The first-order valence-electron chi connectivity index (χ1n) is 4.00. The summed E-state index contributed by atoms with van der Waals surface area (Å²) in [5.41, 5.74) is 5.35. The zero-order valence-corrected chi connectivity index (χ0v) is 7.22. The van der Waals surface area contributed by atoms with Crippen molar-refractivity contribution in [3.8, 4) is 5.75 Å². The number of aromatic hydroxyl groups is 1. The summed E-state index contributed by atoms with van der Waals surface area (Å²) in [7, 11) is 0. The minimum atomic E-state index is -0.847. The van der Waals surface area contributed by atoms with E-state index in [1.165, 1.54) is 0 Å². The summed E-state index contributed by atoms with van der Waals surface area (Å²) in [6.45, 7) is 1.73. The lowest BCUT2D eigenvalue weighted by Crippen LogP contribution is -2.11. The van der Waals surface area contributed by atoms with Gasteiger partial charge in [0.2, 0.25) is 0 Å². The van der Waals surface area contributed by atoms with Gasteiger partial charge in [-0.2, -0.15) is 0 Å². The van der Waals surface area contributed by atoms with Crippen LogP contribution in [0.4, 0.5) is 8.78 Å². The molecule has 4 heteroatoms. The lowest BCUT2D eigenvalue weighted by molar-refractivity contribution is 0.409. The van der Waals surface area contributed by atoms with Crippen molar-refractivity contribution in [1.29, 1.82) is 0 Å². The molecule has 0 aliphatic rings. The molecular formula is C9H11F2NO. The van der Waals surface area contributed by atoms with Crippen molar-refractivity contribution in [2.75, 3.05) is 0 Å². The maximum absolute atomic E-state index is 13.1. The Balaban J connectivity index is 3.25. The maximum Gasteiger partial charge on any atom is 0.165 e. The van der Waals surface area contributed by atoms with Crippen molar-refractivity contribution in [3.05, 3.63) is 29.3 Å². The third-order valence-electron chi connectivity index (χ3n) is 1.93. The van der Waals surface area contributed by atoms with Gasteiger partial charge in [0.05, 0.1) is 0 Å². The van der Waals surface area contributed by atoms with Gasteiger partial charge in [-0.1, -0.05) is 6.92 Å². The number of nitrogens with two attached hydrogens (primary N) is 1. The zero-order valence-electron chi connectivity index (χ0n) is 7.22. The van der Waals surface area contributed by atoms with Gasteiger partial charge in [-0.15, -0.1) is 0 Å². The monoisotopic (exact) mass is 187 g/mol. The largest absolute Gasteiger partial charge is 0.505 e. The molecule has 3 N–H and O–H groups in total. The van der Waals surface area contributed by atoms with E-state index < -0.39 is 23.4 Å². The second kappa shape index (κ2) is 3.70. The predicted molar refractivity (Wildman–Crippen MR) is 45.2 cm³/mol. The molecule has 2 nitrogen and oxygen atoms in total. The van der Waals surface area contributed by atoms with Crippen molar-refractivity contribution in [2.45, 2.75) is 19.4 Å². The van der Waals surface area contributed by atoms with Crippen LogP contribution in [-0.2, 0) is 0 Å². The Hall–Kier alpha value is -1.16. The fourth-order valence-electron chi connectivity index (χ4n) is 1.11. The van der Waals surface area contributed by atoms with Crippen LogP contribution in [0.3, 0.4) is 0 Å². The number of hydrogen-bond donors (Lipinski definition) is 2. The molecule has 72 valence electrons. The van der Waals surface area contributed by atoms with E-state index in [-0.39, 0.29) is 5.56 Å². The van der Waals surface area contributed by atoms with Crippen LogP contribution in [0.5, 0.6) is 5.75 Å². The summed E-state index contributed by atoms with van der Waals surface area (Å²) in [5, 5.41) is 9.18. The summed E-state index contributed by atoms with van der Waals surface area (Å²) in [6.07, 6.45) is 0.438. The van der Waals surface area contributed by atoms with Gasteiger partial charge < -0.3 is 10.8 Å². The fraction of sp³-hybridized carbons (Fsp3) is 0.333. The Bertz CT molecular complexity index is 315. The van der Waals surface area contributed by atoms with Crippen LogP contribution >= 0.6 is 0 Å². The molecule has 0 amide bonds. The number of phenols is 1. The minimum absolute atomic E-state index is 0.150. The van der Waals surface area contributed by atoms with Gasteiger partial charge in [-0.05, 0) is 18.6 Å². The van der Waals surface area contributed by atoms with E-state index in [1.54, 1.807) is 6.92 Å². The van der Waals surface area contributed by atoms with E-state index in [0.717, 1.165) is 12.1 Å². The minimum Gasteiger partial charge on any atom is -0.505 e. The molecule has 0 aliphatic heterocycles. The predicted octanol–water partition coefficient (Wildman–Crippen LogP) is 2.08. The average Bonchev–Trinajstić information content (AvgIpc) is 2.12. The Morgan fingerprint density at radius 2 is 1.92 bits per heavy atom. The zero-order chi connectivity index (χ0) is 10.0. The highest BCUT2D eigenvalue weighted by Gasteiger charge is 2.17. The van der Waals surface area contributed by atoms with Gasteiger partial charge in [-0.25, -0.2) is 8.78 Å². The molecule has 0 aliphatic carbocycles. The van der Waals surface area contributed by atoms with Crippen LogP contribution in [-0.4, -0.2) is 5.11 Å². The molecule has 0 saturated carbocycles. The summed E-state index contributed by atoms with van der Waals surface area (Å²) in [6, 6.07) is 1.16.